The molecule has 5 aromatic rings. The van der Waals surface area contributed by atoms with Crippen molar-refractivity contribution in [3.8, 4) is 28.7 Å². The number of piperidine rings is 1. The number of nitrogens with two attached hydrogens (primary N) is 1. The summed E-state index contributed by atoms with van der Waals surface area (Å²) in [6.45, 7) is 2.39. The van der Waals surface area contributed by atoms with E-state index in [-0.39, 0.29) is 18.0 Å². The minimum absolute atomic E-state index is 0.0896. The summed E-state index contributed by atoms with van der Waals surface area (Å²) in [5.41, 5.74) is 6.09. The van der Waals surface area contributed by atoms with Crippen LogP contribution in [0.3, 0.4) is 0 Å². The Morgan fingerprint density at radius 2 is 1.77 bits per heavy atom. The van der Waals surface area contributed by atoms with Gasteiger partial charge in [-0.3, -0.25) is 28.8 Å². The molecule has 48 heavy (non-hydrogen) atoms. The van der Waals surface area contributed by atoms with Crippen molar-refractivity contribution in [3.05, 3.63) is 113 Å². The fraction of sp³-hybridized carbons (Fsp3) is 0.222. The highest BCUT2D eigenvalue weighted by Crippen LogP contribution is 2.37. The molecule has 1 fully saturated rings. The number of aromatic nitrogens is 2. The maximum Gasteiger partial charge on any atom is 0.267 e. The molecule has 12 heteroatoms. The Labute approximate surface area is 275 Å². The lowest BCUT2D eigenvalue weighted by atomic mass is 9.98. The molecule has 0 spiro atoms. The standard InChI is InChI=1S/C36H34FN5O6/c1-46-32-19-29-30(20-33(32)47-22-23-12-16-41(17-13-23)21-34(38)43)39-14-11-31(29)48-27-9-7-25(8-10-27)40-35(44)28-6-3-15-42(36(28)45)26-5-2-4-24(37)18-26/h2-11,14-15,18-20,23H,12-13,16-17,21-22H2,1H3,(H2,38,43)(H,40,44). The van der Waals surface area contributed by atoms with E-state index in [1.165, 1.54) is 35.0 Å². The van der Waals surface area contributed by atoms with Gasteiger partial charge in [-0.2, -0.15) is 0 Å². The fourth-order valence-electron chi connectivity index (χ4n) is 5.66. The summed E-state index contributed by atoms with van der Waals surface area (Å²) in [5.74, 6) is 1.12. The van der Waals surface area contributed by atoms with Gasteiger partial charge in [-0.25, -0.2) is 4.39 Å². The van der Waals surface area contributed by atoms with Gasteiger partial charge in [0.2, 0.25) is 5.91 Å². The predicted octanol–water partition coefficient (Wildman–Crippen LogP) is 5.15. The molecule has 0 bridgehead atoms. The highest BCUT2D eigenvalue weighted by atomic mass is 19.1. The van der Waals surface area contributed by atoms with Crippen molar-refractivity contribution in [2.24, 2.45) is 11.7 Å². The Kier molecular flexibility index (Phi) is 9.62. The first-order valence-electron chi connectivity index (χ1n) is 15.4. The number of methoxy groups -OCH3 is 1. The quantitative estimate of drug-likeness (QED) is 0.200. The van der Waals surface area contributed by atoms with Crippen LogP contribution in [0.15, 0.2) is 96.1 Å². The van der Waals surface area contributed by atoms with Crippen molar-refractivity contribution < 1.29 is 28.2 Å². The summed E-state index contributed by atoms with van der Waals surface area (Å²) in [6.07, 6.45) is 4.94. The van der Waals surface area contributed by atoms with Gasteiger partial charge in [0.1, 0.15) is 22.9 Å². The van der Waals surface area contributed by atoms with Gasteiger partial charge >= 0.3 is 0 Å². The molecule has 246 valence electrons. The number of nitrogens with one attached hydrogen (secondary N) is 1. The largest absolute Gasteiger partial charge is 0.493 e. The lowest BCUT2D eigenvalue weighted by Crippen LogP contribution is -2.40. The highest BCUT2D eigenvalue weighted by molar-refractivity contribution is 6.04. The number of ether oxygens (including phenoxy) is 3. The average molecular weight is 652 g/mol. The normalized spacial score (nSPS) is 13.6. The molecule has 0 unspecified atom stereocenters. The predicted molar refractivity (Wildman–Crippen MR) is 179 cm³/mol. The lowest BCUT2D eigenvalue weighted by Gasteiger charge is -2.31. The first-order chi connectivity index (χ1) is 23.3. The number of halogens is 1. The van der Waals surface area contributed by atoms with Crippen molar-refractivity contribution in [1.82, 2.24) is 14.5 Å². The number of anilines is 1. The molecule has 0 aliphatic carbocycles. The molecular weight excluding hydrogens is 617 g/mol. The van der Waals surface area contributed by atoms with Gasteiger partial charge in [0.05, 0.1) is 31.5 Å². The SMILES string of the molecule is COc1cc2c(Oc3ccc(NC(=O)c4cccn(-c5cccc(F)c5)c4=O)cc3)ccnc2cc1OCC1CCN(CC(N)=O)CC1. The van der Waals surface area contributed by atoms with Gasteiger partial charge in [-0.1, -0.05) is 6.07 Å². The van der Waals surface area contributed by atoms with Crippen LogP contribution < -0.4 is 30.8 Å². The number of hydrogen-bond acceptors (Lipinski definition) is 8. The van der Waals surface area contributed by atoms with Gasteiger partial charge in [0, 0.05) is 29.5 Å². The minimum atomic E-state index is -0.599. The molecule has 0 saturated carbocycles. The number of amides is 2. The van der Waals surface area contributed by atoms with Crippen LogP contribution >= 0.6 is 0 Å². The summed E-state index contributed by atoms with van der Waals surface area (Å²) in [5, 5.41) is 3.45. The zero-order valence-corrected chi connectivity index (χ0v) is 26.2. The van der Waals surface area contributed by atoms with Crippen LogP contribution in [-0.4, -0.2) is 59.6 Å². The lowest BCUT2D eigenvalue weighted by molar-refractivity contribution is -0.119. The number of rotatable bonds is 11. The third-order valence-electron chi connectivity index (χ3n) is 8.17. The molecule has 2 amide bonds. The highest BCUT2D eigenvalue weighted by Gasteiger charge is 2.22. The first kappa shape index (κ1) is 32.2. The summed E-state index contributed by atoms with van der Waals surface area (Å²) in [7, 11) is 1.58. The van der Waals surface area contributed by atoms with E-state index < -0.39 is 17.3 Å². The Balaban J connectivity index is 1.12. The molecule has 3 heterocycles. The number of fused-ring (bicyclic) bond motifs is 1. The van der Waals surface area contributed by atoms with Crippen molar-refractivity contribution in [2.45, 2.75) is 12.8 Å². The van der Waals surface area contributed by atoms with E-state index in [1.807, 2.05) is 12.1 Å². The van der Waals surface area contributed by atoms with E-state index in [4.69, 9.17) is 19.9 Å². The molecule has 1 aliphatic rings. The third kappa shape index (κ3) is 7.45. The van der Waals surface area contributed by atoms with E-state index in [1.54, 1.807) is 55.8 Å². The zero-order chi connectivity index (χ0) is 33.6. The van der Waals surface area contributed by atoms with E-state index in [0.717, 1.165) is 31.3 Å². The Bertz CT molecular complexity index is 2010. The molecule has 2 aromatic heterocycles. The van der Waals surface area contributed by atoms with Crippen LogP contribution in [0.4, 0.5) is 10.1 Å². The second-order valence-corrected chi connectivity index (χ2v) is 11.5. The molecule has 3 N–H and O–H groups in total. The molecular formula is C36H34FN5O6. The first-order valence-corrected chi connectivity index (χ1v) is 15.4. The van der Waals surface area contributed by atoms with Crippen LogP contribution in [0.25, 0.3) is 16.6 Å². The zero-order valence-electron chi connectivity index (χ0n) is 26.2. The number of benzene rings is 3. The Hall–Kier alpha value is -5.75. The average Bonchev–Trinajstić information content (AvgIpc) is 3.08. The van der Waals surface area contributed by atoms with Gasteiger partial charge in [-0.15, -0.1) is 0 Å². The van der Waals surface area contributed by atoms with Crippen LogP contribution in [-0.2, 0) is 4.79 Å². The van der Waals surface area contributed by atoms with Gasteiger partial charge in [0.15, 0.2) is 11.5 Å². The number of likely N-dealkylation sites (tertiary alicyclic amines) is 1. The number of pyridine rings is 2. The third-order valence-corrected chi connectivity index (χ3v) is 8.17. The van der Waals surface area contributed by atoms with Gasteiger partial charge < -0.3 is 25.3 Å². The molecule has 11 nitrogen and oxygen atoms in total. The minimum Gasteiger partial charge on any atom is -0.493 e. The number of primary amides is 1. The molecule has 3 aromatic carbocycles. The molecule has 0 atom stereocenters. The Morgan fingerprint density at radius 3 is 2.50 bits per heavy atom. The Morgan fingerprint density at radius 1 is 0.979 bits per heavy atom. The smallest absolute Gasteiger partial charge is 0.267 e. The summed E-state index contributed by atoms with van der Waals surface area (Å²) >= 11 is 0. The van der Waals surface area contributed by atoms with E-state index in [2.05, 4.69) is 15.2 Å². The fourth-order valence-corrected chi connectivity index (χ4v) is 5.66. The monoisotopic (exact) mass is 651 g/mol. The summed E-state index contributed by atoms with van der Waals surface area (Å²) in [6, 6.07) is 20.7. The maximum absolute atomic E-state index is 13.7. The van der Waals surface area contributed by atoms with Crippen LogP contribution in [0.2, 0.25) is 0 Å². The molecule has 1 aliphatic heterocycles. The van der Waals surface area contributed by atoms with E-state index in [9.17, 15) is 18.8 Å². The van der Waals surface area contributed by atoms with E-state index in [0.29, 0.717) is 52.4 Å². The number of carbonyl (C=O) groups is 2. The number of carbonyl (C=O) groups excluding carboxylic acids is 2. The molecule has 0 radical (unpaired) electrons. The number of nitrogens with zero attached hydrogens (tertiary/aromatic N) is 3. The van der Waals surface area contributed by atoms with Gasteiger partial charge in [-0.05, 0) is 98.6 Å². The van der Waals surface area contributed by atoms with Crippen molar-refractivity contribution in [2.75, 3.05) is 38.7 Å². The second kappa shape index (κ2) is 14.3. The maximum atomic E-state index is 13.7. The number of hydrogen-bond donors (Lipinski definition) is 2. The van der Waals surface area contributed by atoms with Crippen LogP contribution in [0, 0.1) is 11.7 Å². The topological polar surface area (TPSA) is 138 Å². The molecule has 6 rings (SSSR count). The summed E-state index contributed by atoms with van der Waals surface area (Å²) < 4.78 is 33.0. The van der Waals surface area contributed by atoms with Crippen LogP contribution in [0.5, 0.6) is 23.0 Å². The van der Waals surface area contributed by atoms with Crippen molar-refractivity contribution in [1.29, 1.82) is 0 Å². The second-order valence-electron chi connectivity index (χ2n) is 11.5. The summed E-state index contributed by atoms with van der Waals surface area (Å²) in [4.78, 5) is 43.8. The van der Waals surface area contributed by atoms with Crippen molar-refractivity contribution >= 4 is 28.4 Å². The van der Waals surface area contributed by atoms with E-state index >= 15 is 0 Å². The van der Waals surface area contributed by atoms with Crippen molar-refractivity contribution in [3.63, 3.8) is 0 Å². The van der Waals surface area contributed by atoms with Crippen LogP contribution in [0.1, 0.15) is 23.2 Å². The van der Waals surface area contributed by atoms with Gasteiger partial charge in [0.25, 0.3) is 11.5 Å². The molecule has 1 saturated heterocycles.